The molecule has 1 saturated carbocycles. The monoisotopic (exact) mass is 212 g/mol. The minimum absolute atomic E-state index is 0.307. The molecule has 0 spiro atoms. The number of aryl methyl sites for hydroxylation is 1. The highest BCUT2D eigenvalue weighted by Crippen LogP contribution is 2.34. The molecule has 2 rings (SSSR count). The fourth-order valence-corrected chi connectivity index (χ4v) is 2.70. The van der Waals surface area contributed by atoms with Crippen LogP contribution < -0.4 is 0 Å². The third-order valence-corrected chi connectivity index (χ3v) is 3.61. The summed E-state index contributed by atoms with van der Waals surface area (Å²) in [5.74, 6) is 0.521. The number of halogens is 1. The zero-order valence-electron chi connectivity index (χ0n) is 8.62. The molecule has 2 unspecified atom stereocenters. The lowest BCUT2D eigenvalue weighted by Gasteiger charge is -2.17. The maximum atomic E-state index is 6.39. The van der Waals surface area contributed by atoms with Crippen molar-refractivity contribution in [3.05, 3.63) is 18.0 Å². The molecule has 0 amide bonds. The molecule has 1 fully saturated rings. The molecule has 1 heterocycles. The number of aromatic nitrogens is 2. The summed E-state index contributed by atoms with van der Waals surface area (Å²) in [6.45, 7) is 0. The van der Waals surface area contributed by atoms with Gasteiger partial charge in [-0.1, -0.05) is 19.3 Å². The van der Waals surface area contributed by atoms with Crippen LogP contribution in [0.25, 0.3) is 0 Å². The lowest BCUT2D eigenvalue weighted by molar-refractivity contribution is 0.599. The summed E-state index contributed by atoms with van der Waals surface area (Å²) in [6.07, 6.45) is 10.4. The van der Waals surface area contributed by atoms with Crippen LogP contribution in [0, 0.1) is 0 Å². The summed E-state index contributed by atoms with van der Waals surface area (Å²) >= 11 is 6.39. The Morgan fingerprint density at radius 1 is 1.36 bits per heavy atom. The van der Waals surface area contributed by atoms with Gasteiger partial charge in [-0.05, 0) is 18.4 Å². The average Bonchev–Trinajstić information content (AvgIpc) is 2.46. The Labute approximate surface area is 90.3 Å². The number of hydrogen-bond acceptors (Lipinski definition) is 1. The van der Waals surface area contributed by atoms with Crippen LogP contribution in [0.1, 0.15) is 43.6 Å². The van der Waals surface area contributed by atoms with Crippen LogP contribution in [-0.4, -0.2) is 15.2 Å². The maximum absolute atomic E-state index is 6.39. The number of nitrogens with zero attached hydrogens (tertiary/aromatic N) is 2. The van der Waals surface area contributed by atoms with E-state index in [1.165, 1.54) is 31.2 Å². The highest BCUT2D eigenvalue weighted by Gasteiger charge is 2.24. The lowest BCUT2D eigenvalue weighted by atomic mass is 9.94. The quantitative estimate of drug-likeness (QED) is 0.517. The third kappa shape index (κ3) is 2.11. The van der Waals surface area contributed by atoms with Crippen LogP contribution >= 0.6 is 11.6 Å². The SMILES string of the molecule is Cn1cc(C2CCCCCC2Cl)cn1. The van der Waals surface area contributed by atoms with Crippen LogP contribution in [0.5, 0.6) is 0 Å². The van der Waals surface area contributed by atoms with E-state index in [1.54, 1.807) is 0 Å². The van der Waals surface area contributed by atoms with Gasteiger partial charge in [0.25, 0.3) is 0 Å². The Hall–Kier alpha value is -0.500. The summed E-state index contributed by atoms with van der Waals surface area (Å²) in [7, 11) is 1.96. The predicted octanol–water partition coefficient (Wildman–Crippen LogP) is 3.08. The van der Waals surface area contributed by atoms with E-state index in [0.29, 0.717) is 11.3 Å². The molecular formula is C11H17ClN2. The van der Waals surface area contributed by atoms with Gasteiger partial charge in [-0.3, -0.25) is 4.68 Å². The molecule has 2 nitrogen and oxygen atoms in total. The van der Waals surface area contributed by atoms with Crippen LogP contribution in [0.15, 0.2) is 12.4 Å². The number of rotatable bonds is 1. The van der Waals surface area contributed by atoms with Crippen molar-refractivity contribution in [1.82, 2.24) is 9.78 Å². The van der Waals surface area contributed by atoms with Crippen molar-refractivity contribution in [3.63, 3.8) is 0 Å². The van der Waals surface area contributed by atoms with E-state index in [1.807, 2.05) is 17.9 Å². The molecule has 1 aromatic rings. The fraction of sp³-hybridized carbons (Fsp3) is 0.727. The van der Waals surface area contributed by atoms with E-state index in [2.05, 4.69) is 11.3 Å². The van der Waals surface area contributed by atoms with Gasteiger partial charge in [-0.25, -0.2) is 0 Å². The smallest absolute Gasteiger partial charge is 0.0524 e. The molecule has 1 aliphatic carbocycles. The number of hydrogen-bond donors (Lipinski definition) is 0. The fourth-order valence-electron chi connectivity index (χ4n) is 2.27. The van der Waals surface area contributed by atoms with Crippen molar-refractivity contribution < 1.29 is 0 Å². The summed E-state index contributed by atoms with van der Waals surface area (Å²) in [6, 6.07) is 0. The van der Waals surface area contributed by atoms with Crippen molar-refractivity contribution in [2.24, 2.45) is 7.05 Å². The molecule has 3 heteroatoms. The van der Waals surface area contributed by atoms with Crippen molar-refractivity contribution in [2.75, 3.05) is 0 Å². The molecule has 0 aromatic carbocycles. The van der Waals surface area contributed by atoms with Gasteiger partial charge in [0, 0.05) is 24.5 Å². The van der Waals surface area contributed by atoms with Gasteiger partial charge in [0.15, 0.2) is 0 Å². The summed E-state index contributed by atoms with van der Waals surface area (Å²) in [5.41, 5.74) is 1.31. The first-order chi connectivity index (χ1) is 6.77. The van der Waals surface area contributed by atoms with Gasteiger partial charge < -0.3 is 0 Å². The Morgan fingerprint density at radius 3 is 2.86 bits per heavy atom. The van der Waals surface area contributed by atoms with Gasteiger partial charge >= 0.3 is 0 Å². The van der Waals surface area contributed by atoms with Crippen molar-refractivity contribution in [3.8, 4) is 0 Å². The molecular weight excluding hydrogens is 196 g/mol. The van der Waals surface area contributed by atoms with E-state index >= 15 is 0 Å². The van der Waals surface area contributed by atoms with Crippen LogP contribution in [0.3, 0.4) is 0 Å². The van der Waals surface area contributed by atoms with E-state index in [4.69, 9.17) is 11.6 Å². The Bertz CT molecular complexity index is 295. The molecule has 0 saturated heterocycles. The van der Waals surface area contributed by atoms with Gasteiger partial charge in [0.05, 0.1) is 6.20 Å². The van der Waals surface area contributed by atoms with Crippen LogP contribution in [0.4, 0.5) is 0 Å². The second-order valence-electron chi connectivity index (χ2n) is 4.21. The average molecular weight is 213 g/mol. The zero-order valence-corrected chi connectivity index (χ0v) is 9.37. The van der Waals surface area contributed by atoms with E-state index in [9.17, 15) is 0 Å². The molecule has 78 valence electrons. The highest BCUT2D eigenvalue weighted by atomic mass is 35.5. The minimum atomic E-state index is 0.307. The van der Waals surface area contributed by atoms with Gasteiger partial charge in [-0.2, -0.15) is 5.10 Å². The molecule has 0 radical (unpaired) electrons. The van der Waals surface area contributed by atoms with Gasteiger partial charge in [0.2, 0.25) is 0 Å². The summed E-state index contributed by atoms with van der Waals surface area (Å²) < 4.78 is 1.86. The second kappa shape index (κ2) is 4.35. The molecule has 0 N–H and O–H groups in total. The van der Waals surface area contributed by atoms with Gasteiger partial charge in [0.1, 0.15) is 0 Å². The normalized spacial score (nSPS) is 28.7. The first-order valence-electron chi connectivity index (χ1n) is 5.40. The second-order valence-corrected chi connectivity index (χ2v) is 4.77. The number of alkyl halides is 1. The van der Waals surface area contributed by atoms with Crippen molar-refractivity contribution in [1.29, 1.82) is 0 Å². The van der Waals surface area contributed by atoms with Crippen molar-refractivity contribution in [2.45, 2.75) is 43.4 Å². The Kier molecular flexibility index (Phi) is 3.12. The summed E-state index contributed by atoms with van der Waals surface area (Å²) in [5, 5.41) is 4.52. The molecule has 1 aliphatic rings. The highest BCUT2D eigenvalue weighted by molar-refractivity contribution is 6.21. The van der Waals surface area contributed by atoms with E-state index in [0.717, 1.165) is 6.42 Å². The third-order valence-electron chi connectivity index (χ3n) is 3.08. The van der Waals surface area contributed by atoms with E-state index in [-0.39, 0.29) is 0 Å². The Balaban J connectivity index is 2.14. The largest absolute Gasteiger partial charge is 0.276 e. The van der Waals surface area contributed by atoms with Crippen LogP contribution in [-0.2, 0) is 7.05 Å². The van der Waals surface area contributed by atoms with Crippen LogP contribution in [0.2, 0.25) is 0 Å². The molecule has 2 atom stereocenters. The molecule has 0 aliphatic heterocycles. The van der Waals surface area contributed by atoms with Gasteiger partial charge in [-0.15, -0.1) is 11.6 Å². The lowest BCUT2D eigenvalue weighted by Crippen LogP contribution is -2.10. The maximum Gasteiger partial charge on any atom is 0.0524 e. The minimum Gasteiger partial charge on any atom is -0.276 e. The molecule has 14 heavy (non-hydrogen) atoms. The first-order valence-corrected chi connectivity index (χ1v) is 5.83. The predicted molar refractivity (Wildman–Crippen MR) is 58.7 cm³/mol. The zero-order chi connectivity index (χ0) is 9.97. The standard InChI is InChI=1S/C11H17ClN2/c1-14-8-9(7-13-14)10-5-3-2-4-6-11(10)12/h7-8,10-11H,2-6H2,1H3. The molecule has 0 bridgehead atoms. The summed E-state index contributed by atoms with van der Waals surface area (Å²) in [4.78, 5) is 0. The first kappa shape index (κ1) is 10.0. The van der Waals surface area contributed by atoms with Crippen molar-refractivity contribution >= 4 is 11.6 Å². The molecule has 1 aromatic heterocycles. The topological polar surface area (TPSA) is 17.8 Å². The van der Waals surface area contributed by atoms with E-state index < -0.39 is 0 Å². The Morgan fingerprint density at radius 2 is 2.14 bits per heavy atom.